The molecular weight excluding hydrogens is 434 g/mol. The lowest BCUT2D eigenvalue weighted by Crippen LogP contribution is -2.39. The maximum atomic E-state index is 13.4. The standard InChI is InChI=1S/C18H20FN5O.C2HF3O2/c1-11-9-15(22-23(11)2)18(25)24-8-4-3-5-16(24)17-20-13-7-6-12(19)10-14(13)21-17;3-2(4,5)1(6)7/h6-7,9-10,16H,3-5,8H2,1-2H3,(H,20,21);(H,6,7). The van der Waals surface area contributed by atoms with Gasteiger partial charge in [0.25, 0.3) is 5.91 Å². The molecule has 1 aromatic carbocycles. The van der Waals surface area contributed by atoms with Crippen LogP contribution in [0.2, 0.25) is 0 Å². The van der Waals surface area contributed by atoms with Crippen molar-refractivity contribution >= 4 is 22.9 Å². The number of nitrogens with zero attached hydrogens (tertiary/aromatic N) is 4. The zero-order chi connectivity index (χ0) is 23.6. The number of carbonyl (C=O) groups is 2. The molecule has 3 heterocycles. The van der Waals surface area contributed by atoms with E-state index in [1.165, 1.54) is 12.1 Å². The number of hydrogen-bond acceptors (Lipinski definition) is 4. The van der Waals surface area contributed by atoms with E-state index in [4.69, 9.17) is 9.90 Å². The number of aryl methyl sites for hydroxylation is 2. The zero-order valence-electron chi connectivity index (χ0n) is 17.3. The van der Waals surface area contributed by atoms with Crippen LogP contribution in [0.3, 0.4) is 0 Å². The molecule has 0 bridgehead atoms. The van der Waals surface area contributed by atoms with Crippen molar-refractivity contribution in [2.24, 2.45) is 7.05 Å². The highest BCUT2D eigenvalue weighted by Crippen LogP contribution is 2.31. The number of rotatable bonds is 2. The van der Waals surface area contributed by atoms with Crippen molar-refractivity contribution in [3.8, 4) is 0 Å². The Kier molecular flexibility index (Phi) is 6.51. The molecule has 1 unspecified atom stereocenters. The lowest BCUT2D eigenvalue weighted by atomic mass is 10.0. The highest BCUT2D eigenvalue weighted by atomic mass is 19.4. The maximum Gasteiger partial charge on any atom is 0.490 e. The molecular formula is C20H21F4N5O3. The summed E-state index contributed by atoms with van der Waals surface area (Å²) in [5.41, 5.74) is 2.76. The Morgan fingerprint density at radius 3 is 2.50 bits per heavy atom. The number of hydrogen-bond donors (Lipinski definition) is 2. The Morgan fingerprint density at radius 1 is 1.22 bits per heavy atom. The molecule has 12 heteroatoms. The van der Waals surface area contributed by atoms with E-state index in [0.29, 0.717) is 29.1 Å². The number of halogens is 4. The van der Waals surface area contributed by atoms with Crippen LogP contribution in [0.25, 0.3) is 11.0 Å². The molecule has 8 nitrogen and oxygen atoms in total. The summed E-state index contributed by atoms with van der Waals surface area (Å²) in [5, 5.41) is 11.4. The first kappa shape index (κ1) is 23.2. The normalized spacial score (nSPS) is 16.6. The fourth-order valence-corrected chi connectivity index (χ4v) is 3.43. The Morgan fingerprint density at radius 2 is 1.91 bits per heavy atom. The van der Waals surface area contributed by atoms with Crippen molar-refractivity contribution in [3.63, 3.8) is 0 Å². The Balaban J connectivity index is 0.000000360. The van der Waals surface area contributed by atoms with Gasteiger partial charge in [-0.3, -0.25) is 9.48 Å². The molecule has 1 fully saturated rings. The molecule has 0 saturated carbocycles. The molecule has 3 aromatic rings. The molecule has 2 N–H and O–H groups in total. The van der Waals surface area contributed by atoms with E-state index in [9.17, 15) is 22.4 Å². The number of carboxylic acids is 1. The van der Waals surface area contributed by atoms with E-state index in [2.05, 4.69) is 15.1 Å². The van der Waals surface area contributed by atoms with E-state index in [0.717, 1.165) is 25.0 Å². The number of fused-ring (bicyclic) bond motifs is 1. The van der Waals surface area contributed by atoms with Gasteiger partial charge in [0.1, 0.15) is 11.6 Å². The molecule has 1 atom stereocenters. The summed E-state index contributed by atoms with van der Waals surface area (Å²) in [6.45, 7) is 2.59. The minimum Gasteiger partial charge on any atom is -0.475 e. The summed E-state index contributed by atoms with van der Waals surface area (Å²) in [6, 6.07) is 6.15. The summed E-state index contributed by atoms with van der Waals surface area (Å²) in [6.07, 6.45) is -2.26. The van der Waals surface area contributed by atoms with Gasteiger partial charge in [0, 0.05) is 19.3 Å². The van der Waals surface area contributed by atoms with E-state index in [1.54, 1.807) is 10.7 Å². The molecule has 0 aliphatic carbocycles. The van der Waals surface area contributed by atoms with Crippen LogP contribution in [0.1, 0.15) is 47.3 Å². The number of H-pyrrole nitrogens is 1. The van der Waals surface area contributed by atoms with Crippen LogP contribution in [0.15, 0.2) is 24.3 Å². The van der Waals surface area contributed by atoms with Crippen LogP contribution in [0.4, 0.5) is 17.6 Å². The number of imidazole rings is 1. The first-order valence-corrected chi connectivity index (χ1v) is 9.74. The second-order valence-corrected chi connectivity index (χ2v) is 7.39. The number of aliphatic carboxylic acids is 1. The first-order chi connectivity index (χ1) is 15.0. The second-order valence-electron chi connectivity index (χ2n) is 7.39. The number of amides is 1. The minimum absolute atomic E-state index is 0.0833. The van der Waals surface area contributed by atoms with Gasteiger partial charge in [0.15, 0.2) is 5.69 Å². The third-order valence-electron chi connectivity index (χ3n) is 5.12. The Bertz CT molecular complexity index is 1120. The molecule has 1 aliphatic heterocycles. The van der Waals surface area contributed by atoms with E-state index < -0.39 is 12.1 Å². The smallest absolute Gasteiger partial charge is 0.475 e. The molecule has 1 aliphatic rings. The van der Waals surface area contributed by atoms with Gasteiger partial charge >= 0.3 is 12.1 Å². The van der Waals surface area contributed by atoms with E-state index in [-0.39, 0.29) is 17.8 Å². The third kappa shape index (κ3) is 5.06. The first-order valence-electron chi connectivity index (χ1n) is 9.74. The zero-order valence-corrected chi connectivity index (χ0v) is 17.3. The van der Waals surface area contributed by atoms with Crippen LogP contribution in [-0.2, 0) is 11.8 Å². The van der Waals surface area contributed by atoms with Gasteiger partial charge in [-0.05, 0) is 50.5 Å². The van der Waals surface area contributed by atoms with Gasteiger partial charge < -0.3 is 15.0 Å². The van der Waals surface area contributed by atoms with Crippen molar-refractivity contribution in [3.05, 3.63) is 47.3 Å². The summed E-state index contributed by atoms with van der Waals surface area (Å²) in [7, 11) is 1.83. The number of aromatic nitrogens is 4. The topological polar surface area (TPSA) is 104 Å². The van der Waals surface area contributed by atoms with Crippen molar-refractivity contribution in [1.82, 2.24) is 24.6 Å². The number of alkyl halides is 3. The van der Waals surface area contributed by atoms with Gasteiger partial charge in [0.05, 0.1) is 17.1 Å². The highest BCUT2D eigenvalue weighted by molar-refractivity contribution is 5.92. The van der Waals surface area contributed by atoms with Crippen molar-refractivity contribution in [2.45, 2.75) is 38.4 Å². The molecule has 0 spiro atoms. The Labute approximate surface area is 179 Å². The van der Waals surface area contributed by atoms with E-state index in [1.807, 2.05) is 24.9 Å². The summed E-state index contributed by atoms with van der Waals surface area (Å²) in [4.78, 5) is 31.5. The second kappa shape index (κ2) is 8.97. The van der Waals surface area contributed by atoms with Gasteiger partial charge in [-0.25, -0.2) is 14.2 Å². The average Bonchev–Trinajstić information content (AvgIpc) is 3.30. The fourth-order valence-electron chi connectivity index (χ4n) is 3.43. The molecule has 32 heavy (non-hydrogen) atoms. The predicted octanol–water partition coefficient (Wildman–Crippen LogP) is 3.74. The van der Waals surface area contributed by atoms with E-state index >= 15 is 0 Å². The predicted molar refractivity (Wildman–Crippen MR) is 105 cm³/mol. The van der Waals surface area contributed by atoms with Gasteiger partial charge in [0.2, 0.25) is 0 Å². The largest absolute Gasteiger partial charge is 0.490 e. The van der Waals surface area contributed by atoms with Crippen LogP contribution >= 0.6 is 0 Å². The van der Waals surface area contributed by atoms with Crippen LogP contribution in [-0.4, -0.2) is 54.4 Å². The number of nitrogens with one attached hydrogen (secondary N) is 1. The molecule has 0 radical (unpaired) electrons. The molecule has 172 valence electrons. The minimum atomic E-state index is -5.08. The van der Waals surface area contributed by atoms with Gasteiger partial charge in [-0.1, -0.05) is 0 Å². The average molecular weight is 455 g/mol. The number of carboxylic acid groups (broad SMARTS) is 1. The SMILES string of the molecule is Cc1cc(C(=O)N2CCCCC2c2nc3ccc(F)cc3[nH]2)nn1C.O=C(O)C(F)(F)F. The highest BCUT2D eigenvalue weighted by Gasteiger charge is 2.38. The molecule has 1 amide bonds. The fraction of sp³-hybridized carbons (Fsp3) is 0.400. The summed E-state index contributed by atoms with van der Waals surface area (Å²) in [5.74, 6) is -2.43. The monoisotopic (exact) mass is 455 g/mol. The van der Waals surface area contributed by atoms with Crippen LogP contribution in [0.5, 0.6) is 0 Å². The molecule has 1 saturated heterocycles. The van der Waals surface area contributed by atoms with Gasteiger partial charge in [-0.2, -0.15) is 18.3 Å². The van der Waals surface area contributed by atoms with Crippen molar-refractivity contribution in [1.29, 1.82) is 0 Å². The number of carbonyl (C=O) groups excluding carboxylic acids is 1. The number of aromatic amines is 1. The number of benzene rings is 1. The summed E-state index contributed by atoms with van der Waals surface area (Å²) >= 11 is 0. The molecule has 4 rings (SSSR count). The molecule has 2 aromatic heterocycles. The number of piperidine rings is 1. The van der Waals surface area contributed by atoms with Crippen LogP contribution in [0, 0.1) is 12.7 Å². The van der Waals surface area contributed by atoms with Crippen molar-refractivity contribution < 1.29 is 32.3 Å². The summed E-state index contributed by atoms with van der Waals surface area (Å²) < 4.78 is 46.9. The quantitative estimate of drug-likeness (QED) is 0.573. The van der Waals surface area contributed by atoms with Crippen molar-refractivity contribution in [2.75, 3.05) is 6.54 Å². The maximum absolute atomic E-state index is 13.4. The number of likely N-dealkylation sites (tertiary alicyclic amines) is 1. The Hall–Kier alpha value is -3.44. The third-order valence-corrected chi connectivity index (χ3v) is 5.12. The lowest BCUT2D eigenvalue weighted by molar-refractivity contribution is -0.192. The van der Waals surface area contributed by atoms with Crippen LogP contribution < -0.4 is 0 Å². The lowest BCUT2D eigenvalue weighted by Gasteiger charge is -2.34. The van der Waals surface area contributed by atoms with Gasteiger partial charge in [-0.15, -0.1) is 0 Å².